The number of nitrogens with zero attached hydrogens (tertiary/aromatic N) is 1. The van der Waals surface area contributed by atoms with Gasteiger partial charge in [0.25, 0.3) is 0 Å². The average molecular weight is 246 g/mol. The molecule has 1 N–H and O–H groups in total. The smallest absolute Gasteiger partial charge is 0.125 e. The average Bonchev–Trinajstić information content (AvgIpc) is 2.42. The van der Waals surface area contributed by atoms with Gasteiger partial charge in [-0.2, -0.15) is 0 Å². The Morgan fingerprint density at radius 1 is 1.22 bits per heavy atom. The molecule has 0 saturated carbocycles. The van der Waals surface area contributed by atoms with E-state index in [0.29, 0.717) is 6.54 Å². The van der Waals surface area contributed by atoms with E-state index in [2.05, 4.69) is 10.3 Å². The van der Waals surface area contributed by atoms with E-state index in [-0.39, 0.29) is 11.9 Å². The van der Waals surface area contributed by atoms with Crippen LogP contribution in [0.15, 0.2) is 48.7 Å². The lowest BCUT2D eigenvalue weighted by atomic mass is 10.1. The SMILES string of the molecule is COC(CNc1ccccn1)c1ccc(F)cc1. The fourth-order valence-corrected chi connectivity index (χ4v) is 1.68. The van der Waals surface area contributed by atoms with Gasteiger partial charge in [-0.25, -0.2) is 9.37 Å². The Labute approximate surface area is 106 Å². The van der Waals surface area contributed by atoms with Gasteiger partial charge < -0.3 is 10.1 Å². The van der Waals surface area contributed by atoms with Gasteiger partial charge in [-0.1, -0.05) is 18.2 Å². The van der Waals surface area contributed by atoms with Crippen LogP contribution in [0, 0.1) is 5.82 Å². The molecule has 1 aromatic heterocycles. The number of nitrogens with one attached hydrogen (secondary N) is 1. The fraction of sp³-hybridized carbons (Fsp3) is 0.214. The molecule has 0 radical (unpaired) electrons. The summed E-state index contributed by atoms with van der Waals surface area (Å²) in [5, 5.41) is 3.18. The van der Waals surface area contributed by atoms with Gasteiger partial charge in [0.15, 0.2) is 0 Å². The third kappa shape index (κ3) is 3.28. The van der Waals surface area contributed by atoms with Gasteiger partial charge in [0, 0.05) is 19.9 Å². The molecule has 3 nitrogen and oxygen atoms in total. The van der Waals surface area contributed by atoms with Gasteiger partial charge in [-0.15, -0.1) is 0 Å². The summed E-state index contributed by atoms with van der Waals surface area (Å²) in [5.41, 5.74) is 0.933. The first-order valence-electron chi connectivity index (χ1n) is 5.73. The molecule has 94 valence electrons. The lowest BCUT2D eigenvalue weighted by Gasteiger charge is -2.16. The molecule has 0 spiro atoms. The largest absolute Gasteiger partial charge is 0.375 e. The third-order valence-corrected chi connectivity index (χ3v) is 2.66. The molecule has 1 atom stereocenters. The number of pyridine rings is 1. The molecule has 0 aliphatic heterocycles. The maximum absolute atomic E-state index is 12.8. The minimum absolute atomic E-state index is 0.132. The van der Waals surface area contributed by atoms with Gasteiger partial charge in [0.2, 0.25) is 0 Å². The number of rotatable bonds is 5. The monoisotopic (exact) mass is 246 g/mol. The zero-order valence-corrected chi connectivity index (χ0v) is 10.1. The predicted octanol–water partition coefficient (Wildman–Crippen LogP) is 3.02. The van der Waals surface area contributed by atoms with Crippen LogP contribution in [0.5, 0.6) is 0 Å². The molecule has 0 saturated heterocycles. The summed E-state index contributed by atoms with van der Waals surface area (Å²) in [7, 11) is 1.63. The minimum atomic E-state index is -0.244. The Hall–Kier alpha value is -1.94. The molecule has 2 aromatic rings. The highest BCUT2D eigenvalue weighted by molar-refractivity contribution is 5.34. The predicted molar refractivity (Wildman–Crippen MR) is 68.9 cm³/mol. The van der Waals surface area contributed by atoms with Crippen molar-refractivity contribution in [3.05, 3.63) is 60.0 Å². The van der Waals surface area contributed by atoms with Crippen molar-refractivity contribution in [3.8, 4) is 0 Å². The zero-order chi connectivity index (χ0) is 12.8. The number of halogens is 1. The number of benzene rings is 1. The molecule has 0 aliphatic carbocycles. The van der Waals surface area contributed by atoms with Crippen LogP contribution in [0.1, 0.15) is 11.7 Å². The summed E-state index contributed by atoms with van der Waals surface area (Å²) >= 11 is 0. The normalized spacial score (nSPS) is 12.1. The first-order valence-corrected chi connectivity index (χ1v) is 5.73. The number of aromatic nitrogens is 1. The highest BCUT2D eigenvalue weighted by Crippen LogP contribution is 2.17. The Bertz CT molecular complexity index is 473. The van der Waals surface area contributed by atoms with Crippen LogP contribution in [0.4, 0.5) is 10.2 Å². The van der Waals surface area contributed by atoms with E-state index in [9.17, 15) is 4.39 Å². The van der Waals surface area contributed by atoms with E-state index in [1.165, 1.54) is 12.1 Å². The van der Waals surface area contributed by atoms with E-state index in [4.69, 9.17) is 4.74 Å². The van der Waals surface area contributed by atoms with Crippen molar-refractivity contribution >= 4 is 5.82 Å². The molecule has 0 amide bonds. The molecule has 1 unspecified atom stereocenters. The Balaban J connectivity index is 1.99. The number of ether oxygens (including phenoxy) is 1. The number of anilines is 1. The minimum Gasteiger partial charge on any atom is -0.375 e. The second-order valence-corrected chi connectivity index (χ2v) is 3.87. The first-order chi connectivity index (χ1) is 8.79. The summed E-state index contributed by atoms with van der Waals surface area (Å²) in [6, 6.07) is 12.0. The molecule has 0 fully saturated rings. The molecule has 18 heavy (non-hydrogen) atoms. The van der Waals surface area contributed by atoms with Gasteiger partial charge in [0.05, 0.1) is 6.10 Å². The maximum Gasteiger partial charge on any atom is 0.125 e. The van der Waals surface area contributed by atoms with Crippen molar-refractivity contribution < 1.29 is 9.13 Å². The van der Waals surface area contributed by atoms with E-state index < -0.39 is 0 Å². The van der Waals surface area contributed by atoms with E-state index in [1.807, 2.05) is 18.2 Å². The standard InChI is InChI=1S/C14H15FN2O/c1-18-13(11-5-7-12(15)8-6-11)10-17-14-4-2-3-9-16-14/h2-9,13H,10H2,1H3,(H,16,17). The van der Waals surface area contributed by atoms with Crippen molar-refractivity contribution in [2.24, 2.45) is 0 Å². The topological polar surface area (TPSA) is 34.1 Å². The van der Waals surface area contributed by atoms with Crippen LogP contribution >= 0.6 is 0 Å². The van der Waals surface area contributed by atoms with Gasteiger partial charge in [-0.05, 0) is 29.8 Å². The zero-order valence-electron chi connectivity index (χ0n) is 10.1. The lowest BCUT2D eigenvalue weighted by molar-refractivity contribution is 0.114. The second-order valence-electron chi connectivity index (χ2n) is 3.87. The van der Waals surface area contributed by atoms with Crippen LogP contribution in [0.3, 0.4) is 0 Å². The van der Waals surface area contributed by atoms with Crippen molar-refractivity contribution in [2.45, 2.75) is 6.10 Å². The van der Waals surface area contributed by atoms with E-state index in [0.717, 1.165) is 11.4 Å². The summed E-state index contributed by atoms with van der Waals surface area (Å²) in [4.78, 5) is 4.17. The van der Waals surface area contributed by atoms with Gasteiger partial charge in [0.1, 0.15) is 11.6 Å². The summed E-state index contributed by atoms with van der Waals surface area (Å²) in [5.74, 6) is 0.549. The Kier molecular flexibility index (Phi) is 4.25. The molecular weight excluding hydrogens is 231 g/mol. The number of hydrogen-bond acceptors (Lipinski definition) is 3. The quantitative estimate of drug-likeness (QED) is 0.880. The van der Waals surface area contributed by atoms with Crippen LogP contribution in [-0.2, 0) is 4.74 Å². The van der Waals surface area contributed by atoms with Gasteiger partial charge in [-0.3, -0.25) is 0 Å². The van der Waals surface area contributed by atoms with Crippen LogP contribution in [0.25, 0.3) is 0 Å². The van der Waals surface area contributed by atoms with E-state index >= 15 is 0 Å². The fourth-order valence-electron chi connectivity index (χ4n) is 1.68. The third-order valence-electron chi connectivity index (χ3n) is 2.66. The van der Waals surface area contributed by atoms with Crippen LogP contribution in [0.2, 0.25) is 0 Å². The summed E-state index contributed by atoms with van der Waals surface area (Å²) in [6.45, 7) is 0.582. The molecule has 1 aromatic carbocycles. The number of methoxy groups -OCH3 is 1. The van der Waals surface area contributed by atoms with Crippen LogP contribution in [-0.4, -0.2) is 18.6 Å². The molecule has 0 aliphatic rings. The van der Waals surface area contributed by atoms with E-state index in [1.54, 1.807) is 25.4 Å². The molecular formula is C14H15FN2O. The van der Waals surface area contributed by atoms with Crippen molar-refractivity contribution in [2.75, 3.05) is 19.0 Å². The van der Waals surface area contributed by atoms with Crippen LogP contribution < -0.4 is 5.32 Å². The van der Waals surface area contributed by atoms with Crippen molar-refractivity contribution in [3.63, 3.8) is 0 Å². The van der Waals surface area contributed by atoms with Gasteiger partial charge >= 0.3 is 0 Å². The summed E-state index contributed by atoms with van der Waals surface area (Å²) < 4.78 is 18.2. The Morgan fingerprint density at radius 2 is 2.00 bits per heavy atom. The lowest BCUT2D eigenvalue weighted by Crippen LogP contribution is -2.15. The molecule has 0 bridgehead atoms. The second kappa shape index (κ2) is 6.12. The molecule has 1 heterocycles. The number of hydrogen-bond donors (Lipinski definition) is 1. The highest BCUT2D eigenvalue weighted by Gasteiger charge is 2.10. The Morgan fingerprint density at radius 3 is 2.61 bits per heavy atom. The van der Waals surface area contributed by atoms with Crippen molar-refractivity contribution in [1.29, 1.82) is 0 Å². The maximum atomic E-state index is 12.8. The molecule has 2 rings (SSSR count). The summed E-state index contributed by atoms with van der Waals surface area (Å²) in [6.07, 6.45) is 1.59. The highest BCUT2D eigenvalue weighted by atomic mass is 19.1. The first kappa shape index (κ1) is 12.5. The van der Waals surface area contributed by atoms with Crippen molar-refractivity contribution in [1.82, 2.24) is 4.98 Å². The molecule has 4 heteroatoms.